The lowest BCUT2D eigenvalue weighted by atomic mass is 9.86. The molecule has 0 amide bonds. The number of hydrogen-bond acceptors (Lipinski definition) is 1. The van der Waals surface area contributed by atoms with Crippen LogP contribution in [0.4, 0.5) is 0 Å². The first-order chi connectivity index (χ1) is 7.68. The predicted octanol–water partition coefficient (Wildman–Crippen LogP) is 3.91. The smallest absolute Gasteiger partial charge is 0.00966 e. The molecule has 1 aromatic rings. The summed E-state index contributed by atoms with van der Waals surface area (Å²) in [6, 6.07) is 9.02. The molecule has 1 aromatic carbocycles. The van der Waals surface area contributed by atoms with Gasteiger partial charge in [-0.3, -0.25) is 0 Å². The summed E-state index contributed by atoms with van der Waals surface area (Å²) in [5.74, 6) is 0. The molecule has 0 aliphatic heterocycles. The Hall–Kier alpha value is -0.820. The molecule has 0 spiro atoms. The molecule has 0 aliphatic carbocycles. The molecule has 0 aliphatic rings. The van der Waals surface area contributed by atoms with E-state index in [0.717, 1.165) is 13.0 Å². The highest BCUT2D eigenvalue weighted by Crippen LogP contribution is 2.22. The topological polar surface area (TPSA) is 12.0 Å². The van der Waals surface area contributed by atoms with Crippen molar-refractivity contribution in [2.24, 2.45) is 0 Å². The molecule has 0 unspecified atom stereocenters. The van der Waals surface area contributed by atoms with Gasteiger partial charge in [0.05, 0.1) is 0 Å². The minimum Gasteiger partial charge on any atom is -0.312 e. The van der Waals surface area contributed by atoms with Gasteiger partial charge in [0, 0.05) is 5.54 Å². The van der Waals surface area contributed by atoms with Crippen LogP contribution in [0.1, 0.15) is 52.7 Å². The molecule has 17 heavy (non-hydrogen) atoms. The maximum Gasteiger partial charge on any atom is 0.00966 e. The first-order valence-corrected chi connectivity index (χ1v) is 6.53. The van der Waals surface area contributed by atoms with Gasteiger partial charge in [-0.05, 0) is 50.3 Å². The predicted molar refractivity (Wildman–Crippen MR) is 76.6 cm³/mol. The van der Waals surface area contributed by atoms with Crippen molar-refractivity contribution in [3.05, 3.63) is 35.4 Å². The second-order valence-corrected chi connectivity index (χ2v) is 6.87. The van der Waals surface area contributed by atoms with Gasteiger partial charge in [-0.1, -0.05) is 45.0 Å². The minimum atomic E-state index is 0.214. The number of benzene rings is 1. The lowest BCUT2D eigenvalue weighted by Crippen LogP contribution is -2.37. The highest BCUT2D eigenvalue weighted by molar-refractivity contribution is 5.27. The third kappa shape index (κ3) is 5.36. The molecular weight excluding hydrogens is 206 g/mol. The van der Waals surface area contributed by atoms with Crippen molar-refractivity contribution >= 4 is 0 Å². The van der Waals surface area contributed by atoms with E-state index in [1.165, 1.54) is 11.1 Å². The van der Waals surface area contributed by atoms with E-state index in [2.05, 4.69) is 71.1 Å². The van der Waals surface area contributed by atoms with Crippen LogP contribution in [0, 0.1) is 0 Å². The number of rotatable bonds is 3. The van der Waals surface area contributed by atoms with E-state index in [0.29, 0.717) is 0 Å². The number of nitrogens with one attached hydrogen (secondary N) is 1. The summed E-state index contributed by atoms with van der Waals surface area (Å²) in [5.41, 5.74) is 3.29. The first kappa shape index (κ1) is 14.2. The maximum atomic E-state index is 3.52. The van der Waals surface area contributed by atoms with Crippen LogP contribution in [0.5, 0.6) is 0 Å². The second kappa shape index (κ2) is 5.22. The molecule has 0 aromatic heterocycles. The molecule has 1 nitrogen and oxygen atoms in total. The van der Waals surface area contributed by atoms with Gasteiger partial charge in [-0.25, -0.2) is 0 Å². The van der Waals surface area contributed by atoms with Gasteiger partial charge in [-0.15, -0.1) is 0 Å². The van der Waals surface area contributed by atoms with Crippen molar-refractivity contribution in [1.29, 1.82) is 0 Å². The Kier molecular flexibility index (Phi) is 4.37. The molecular formula is C16H27N. The molecule has 0 atom stereocenters. The van der Waals surface area contributed by atoms with Crippen LogP contribution in [0.25, 0.3) is 0 Å². The molecule has 0 saturated heterocycles. The fraction of sp³-hybridized carbons (Fsp3) is 0.625. The van der Waals surface area contributed by atoms with E-state index >= 15 is 0 Å². The summed E-state index contributed by atoms with van der Waals surface area (Å²) in [7, 11) is 0. The summed E-state index contributed by atoms with van der Waals surface area (Å²) < 4.78 is 0. The minimum absolute atomic E-state index is 0.214. The van der Waals surface area contributed by atoms with Crippen LogP contribution < -0.4 is 5.32 Å². The van der Waals surface area contributed by atoms with Gasteiger partial charge >= 0.3 is 0 Å². The summed E-state index contributed by atoms with van der Waals surface area (Å²) in [4.78, 5) is 0. The highest BCUT2D eigenvalue weighted by Gasteiger charge is 2.13. The van der Waals surface area contributed by atoms with Gasteiger partial charge in [0.25, 0.3) is 0 Å². The maximum absolute atomic E-state index is 3.52. The fourth-order valence-corrected chi connectivity index (χ4v) is 1.75. The normalized spacial score (nSPS) is 12.8. The molecule has 1 heteroatoms. The lowest BCUT2D eigenvalue weighted by Gasteiger charge is -2.21. The zero-order valence-corrected chi connectivity index (χ0v) is 12.2. The Balaban J connectivity index is 2.52. The van der Waals surface area contributed by atoms with E-state index < -0.39 is 0 Å². The first-order valence-electron chi connectivity index (χ1n) is 6.53. The van der Waals surface area contributed by atoms with Crippen molar-refractivity contribution in [1.82, 2.24) is 5.32 Å². The quantitative estimate of drug-likeness (QED) is 0.834. The third-order valence-corrected chi connectivity index (χ3v) is 2.89. The fourth-order valence-electron chi connectivity index (χ4n) is 1.75. The van der Waals surface area contributed by atoms with Crippen molar-refractivity contribution in [2.45, 2.75) is 58.9 Å². The van der Waals surface area contributed by atoms with Gasteiger partial charge in [-0.2, -0.15) is 0 Å². The van der Waals surface area contributed by atoms with E-state index in [1.807, 2.05) is 0 Å². The lowest BCUT2D eigenvalue weighted by molar-refractivity contribution is 0.429. The summed E-state index contributed by atoms with van der Waals surface area (Å²) in [6.45, 7) is 14.4. The van der Waals surface area contributed by atoms with Crippen LogP contribution in [-0.2, 0) is 11.8 Å². The molecule has 96 valence electrons. The van der Waals surface area contributed by atoms with E-state index in [9.17, 15) is 0 Å². The molecule has 0 bridgehead atoms. The second-order valence-electron chi connectivity index (χ2n) is 6.87. The van der Waals surface area contributed by atoms with Crippen molar-refractivity contribution in [3.63, 3.8) is 0 Å². The molecule has 1 rings (SSSR count). The Labute approximate surface area is 107 Å². The number of hydrogen-bond donors (Lipinski definition) is 1. The molecule has 0 radical (unpaired) electrons. The zero-order chi connectivity index (χ0) is 13.1. The van der Waals surface area contributed by atoms with E-state index in [4.69, 9.17) is 0 Å². The highest BCUT2D eigenvalue weighted by atomic mass is 14.9. The summed E-state index contributed by atoms with van der Waals surface area (Å²) in [6.07, 6.45) is 1.10. The van der Waals surface area contributed by atoms with Crippen LogP contribution >= 0.6 is 0 Å². The van der Waals surface area contributed by atoms with Crippen molar-refractivity contribution in [3.8, 4) is 0 Å². The van der Waals surface area contributed by atoms with Gasteiger partial charge in [0.2, 0.25) is 0 Å². The Bertz CT molecular complexity index is 335. The molecule has 0 heterocycles. The average molecular weight is 233 g/mol. The van der Waals surface area contributed by atoms with Crippen LogP contribution in [-0.4, -0.2) is 12.1 Å². The average Bonchev–Trinajstić information content (AvgIpc) is 2.15. The van der Waals surface area contributed by atoms with Gasteiger partial charge in [0.15, 0.2) is 0 Å². The molecule has 0 fully saturated rings. The van der Waals surface area contributed by atoms with Crippen molar-refractivity contribution in [2.75, 3.05) is 6.54 Å². The zero-order valence-electron chi connectivity index (χ0n) is 12.2. The van der Waals surface area contributed by atoms with Crippen LogP contribution in [0.2, 0.25) is 0 Å². The monoisotopic (exact) mass is 233 g/mol. The standard InChI is InChI=1S/C16H27N/c1-15(2,3)14-9-7-13(8-10-14)11-12-17-16(4,5)6/h7-10,17H,11-12H2,1-6H3. The largest absolute Gasteiger partial charge is 0.312 e. The van der Waals surface area contributed by atoms with Gasteiger partial charge in [0.1, 0.15) is 0 Å². The van der Waals surface area contributed by atoms with Crippen LogP contribution in [0.15, 0.2) is 24.3 Å². The molecule has 0 saturated carbocycles. The third-order valence-electron chi connectivity index (χ3n) is 2.89. The van der Waals surface area contributed by atoms with Crippen molar-refractivity contribution < 1.29 is 0 Å². The summed E-state index contributed by atoms with van der Waals surface area (Å²) in [5, 5.41) is 3.52. The Morgan fingerprint density at radius 2 is 1.41 bits per heavy atom. The van der Waals surface area contributed by atoms with E-state index in [-0.39, 0.29) is 11.0 Å². The summed E-state index contributed by atoms with van der Waals surface area (Å²) >= 11 is 0. The van der Waals surface area contributed by atoms with Crippen LogP contribution in [0.3, 0.4) is 0 Å². The SMILES string of the molecule is CC(C)(C)NCCc1ccc(C(C)(C)C)cc1. The van der Waals surface area contributed by atoms with E-state index in [1.54, 1.807) is 0 Å². The Morgan fingerprint density at radius 1 is 0.882 bits per heavy atom. The molecule has 1 N–H and O–H groups in total. The van der Waals surface area contributed by atoms with Gasteiger partial charge < -0.3 is 5.32 Å². The Morgan fingerprint density at radius 3 is 1.82 bits per heavy atom.